The first-order chi connectivity index (χ1) is 7.49. The van der Waals surface area contributed by atoms with Gasteiger partial charge in [0.2, 0.25) is 0 Å². The van der Waals surface area contributed by atoms with Crippen molar-refractivity contribution in [2.24, 2.45) is 10.8 Å². The van der Waals surface area contributed by atoms with Crippen molar-refractivity contribution in [3.05, 3.63) is 32.9 Å². The predicted octanol–water partition coefficient (Wildman–Crippen LogP) is 1.16. The summed E-state index contributed by atoms with van der Waals surface area (Å²) in [7, 11) is 0. The monoisotopic (exact) mass is 349 g/mol. The number of aromatic carboxylic acids is 1. The first-order valence-corrected chi connectivity index (χ1v) is 5.60. The van der Waals surface area contributed by atoms with Gasteiger partial charge in [-0.25, -0.2) is 4.79 Å². The highest BCUT2D eigenvalue weighted by atomic mass is 127. The number of hydrazone groups is 1. The average molecular weight is 349 g/mol. The molecule has 1 aromatic rings. The zero-order chi connectivity index (χ0) is 12.1. The molecule has 0 unspecified atom stereocenters. The minimum atomic E-state index is -0.976. The van der Waals surface area contributed by atoms with Gasteiger partial charge in [0.05, 0.1) is 11.8 Å². The summed E-state index contributed by atoms with van der Waals surface area (Å²) in [6, 6.07) is 4.87. The van der Waals surface area contributed by atoms with E-state index in [-0.39, 0.29) is 10.7 Å². The lowest BCUT2D eigenvalue weighted by atomic mass is 10.1. The molecule has 0 bridgehead atoms. The van der Waals surface area contributed by atoms with E-state index in [2.05, 4.69) is 22.7 Å². The summed E-state index contributed by atoms with van der Waals surface area (Å²) in [5.41, 5.74) is 8.44. The van der Waals surface area contributed by atoms with Crippen LogP contribution in [0.5, 0.6) is 0 Å². The van der Waals surface area contributed by atoms with Gasteiger partial charge in [0.15, 0.2) is 5.11 Å². The maximum atomic E-state index is 10.8. The average Bonchev–Trinajstić information content (AvgIpc) is 2.16. The third-order valence-electron chi connectivity index (χ3n) is 1.56. The predicted molar refractivity (Wildman–Crippen MR) is 73.6 cm³/mol. The van der Waals surface area contributed by atoms with Crippen LogP contribution >= 0.6 is 34.8 Å². The van der Waals surface area contributed by atoms with Crippen molar-refractivity contribution in [3.63, 3.8) is 0 Å². The van der Waals surface area contributed by atoms with E-state index in [9.17, 15) is 4.79 Å². The fourth-order valence-electron chi connectivity index (χ4n) is 0.981. The molecule has 0 spiro atoms. The van der Waals surface area contributed by atoms with Crippen LogP contribution in [0.15, 0.2) is 23.3 Å². The first kappa shape index (κ1) is 12.8. The Hall–Kier alpha value is -1.22. The second kappa shape index (κ2) is 5.75. The fraction of sp³-hybridized carbons (Fsp3) is 0. The van der Waals surface area contributed by atoms with Crippen LogP contribution in [0, 0.1) is 3.57 Å². The topological polar surface area (TPSA) is 87.7 Å². The molecule has 0 radical (unpaired) electrons. The van der Waals surface area contributed by atoms with Gasteiger partial charge in [-0.2, -0.15) is 5.10 Å². The van der Waals surface area contributed by atoms with Crippen LogP contribution in [0.3, 0.4) is 0 Å². The molecule has 5 nitrogen and oxygen atoms in total. The van der Waals surface area contributed by atoms with Gasteiger partial charge in [-0.3, -0.25) is 5.43 Å². The number of hydrogen-bond donors (Lipinski definition) is 3. The molecule has 0 aliphatic carbocycles. The summed E-state index contributed by atoms with van der Waals surface area (Å²) >= 11 is 6.60. The van der Waals surface area contributed by atoms with Gasteiger partial charge in [-0.15, -0.1) is 0 Å². The Labute approximate surface area is 111 Å². The van der Waals surface area contributed by atoms with Crippen molar-refractivity contribution in [2.75, 3.05) is 0 Å². The summed E-state index contributed by atoms with van der Waals surface area (Å²) in [4.78, 5) is 10.8. The zero-order valence-electron chi connectivity index (χ0n) is 7.98. The highest BCUT2D eigenvalue weighted by molar-refractivity contribution is 14.1. The summed E-state index contributed by atoms with van der Waals surface area (Å²) in [5.74, 6) is -0.976. The molecule has 1 aromatic carbocycles. The molecule has 0 amide bonds. The molecule has 0 aliphatic rings. The lowest BCUT2D eigenvalue weighted by Crippen LogP contribution is -2.24. The normalized spacial score (nSPS) is 10.3. The Morgan fingerprint density at radius 1 is 1.56 bits per heavy atom. The number of nitrogens with one attached hydrogen (secondary N) is 1. The molecule has 0 fully saturated rings. The van der Waals surface area contributed by atoms with Crippen LogP contribution in [0.25, 0.3) is 0 Å². The third-order valence-corrected chi connectivity index (χ3v) is 2.27. The van der Waals surface area contributed by atoms with E-state index in [0.29, 0.717) is 5.56 Å². The van der Waals surface area contributed by atoms with Crippen molar-refractivity contribution >= 4 is 52.1 Å². The number of halogens is 1. The molecule has 84 valence electrons. The molecule has 0 aromatic heterocycles. The number of carbonyl (C=O) groups is 1. The first-order valence-electron chi connectivity index (χ1n) is 4.11. The van der Waals surface area contributed by atoms with E-state index in [1.54, 1.807) is 12.1 Å². The molecule has 0 heterocycles. The zero-order valence-corrected chi connectivity index (χ0v) is 10.9. The quantitative estimate of drug-likeness (QED) is 0.330. The molecular weight excluding hydrogens is 341 g/mol. The summed E-state index contributed by atoms with van der Waals surface area (Å²) in [6.07, 6.45) is 1.45. The number of nitrogens with zero attached hydrogens (tertiary/aromatic N) is 1. The number of thiocarbonyl (C=S) groups is 1. The van der Waals surface area contributed by atoms with Gasteiger partial charge < -0.3 is 10.8 Å². The van der Waals surface area contributed by atoms with Crippen LogP contribution in [0.2, 0.25) is 0 Å². The molecule has 1 rings (SSSR count). The van der Waals surface area contributed by atoms with Crippen molar-refractivity contribution in [2.45, 2.75) is 0 Å². The molecule has 7 heteroatoms. The van der Waals surface area contributed by atoms with E-state index >= 15 is 0 Å². The number of nitrogens with two attached hydrogens (primary N) is 1. The fourth-order valence-corrected chi connectivity index (χ4v) is 1.73. The van der Waals surface area contributed by atoms with Crippen molar-refractivity contribution in [1.29, 1.82) is 0 Å². The third kappa shape index (κ3) is 4.11. The van der Waals surface area contributed by atoms with E-state index in [4.69, 9.17) is 10.8 Å². The van der Waals surface area contributed by atoms with Crippen LogP contribution in [0.4, 0.5) is 0 Å². The number of carboxylic acids is 1. The van der Waals surface area contributed by atoms with Crippen LogP contribution in [0.1, 0.15) is 15.9 Å². The summed E-state index contributed by atoms with van der Waals surface area (Å²) in [6.45, 7) is 0. The minimum absolute atomic E-state index is 0.0559. The van der Waals surface area contributed by atoms with Gasteiger partial charge in [0.1, 0.15) is 0 Å². The van der Waals surface area contributed by atoms with Crippen LogP contribution in [-0.4, -0.2) is 22.4 Å². The molecule has 0 atom stereocenters. The van der Waals surface area contributed by atoms with Crippen molar-refractivity contribution < 1.29 is 9.90 Å². The Bertz CT molecular complexity index is 462. The lowest BCUT2D eigenvalue weighted by molar-refractivity contribution is 0.0697. The van der Waals surface area contributed by atoms with E-state index in [1.165, 1.54) is 12.3 Å². The van der Waals surface area contributed by atoms with Gasteiger partial charge in [-0.1, -0.05) is 0 Å². The lowest BCUT2D eigenvalue weighted by Gasteiger charge is -1.99. The largest absolute Gasteiger partial charge is 0.478 e. The maximum absolute atomic E-state index is 10.8. The van der Waals surface area contributed by atoms with E-state index in [1.807, 2.05) is 22.6 Å². The number of rotatable bonds is 3. The number of carboxylic acid groups (broad SMARTS) is 1. The van der Waals surface area contributed by atoms with Gasteiger partial charge in [0, 0.05) is 3.57 Å². The van der Waals surface area contributed by atoms with Crippen molar-refractivity contribution in [1.82, 2.24) is 5.43 Å². The van der Waals surface area contributed by atoms with Gasteiger partial charge in [-0.05, 0) is 58.6 Å². The van der Waals surface area contributed by atoms with Gasteiger partial charge >= 0.3 is 5.97 Å². The highest BCUT2D eigenvalue weighted by Gasteiger charge is 2.04. The number of hydrogen-bond acceptors (Lipinski definition) is 3. The standard InChI is InChI=1S/C9H8IN3O2S/c10-7-2-5(4-12-13-9(11)16)1-6(3-7)8(14)15/h1-4H,(H,14,15)(H3,11,13,16). The van der Waals surface area contributed by atoms with E-state index in [0.717, 1.165) is 3.57 Å². The Kier molecular flexibility index (Phi) is 4.62. The van der Waals surface area contributed by atoms with Crippen LogP contribution in [-0.2, 0) is 0 Å². The Morgan fingerprint density at radius 2 is 2.25 bits per heavy atom. The molecule has 4 N–H and O–H groups in total. The summed E-state index contributed by atoms with van der Waals surface area (Å²) < 4.78 is 0.814. The Balaban J connectivity index is 2.92. The summed E-state index contributed by atoms with van der Waals surface area (Å²) in [5, 5.41) is 12.6. The second-order valence-corrected chi connectivity index (χ2v) is 4.50. The van der Waals surface area contributed by atoms with Gasteiger partial charge in [0.25, 0.3) is 0 Å². The highest BCUT2D eigenvalue weighted by Crippen LogP contribution is 2.11. The molecule has 0 saturated heterocycles. The SMILES string of the molecule is NC(=S)NN=Cc1cc(I)cc(C(=O)O)c1. The second-order valence-electron chi connectivity index (χ2n) is 2.81. The molecule has 16 heavy (non-hydrogen) atoms. The smallest absolute Gasteiger partial charge is 0.335 e. The number of benzene rings is 1. The van der Waals surface area contributed by atoms with Crippen molar-refractivity contribution in [3.8, 4) is 0 Å². The molecule has 0 aliphatic heterocycles. The molecule has 0 saturated carbocycles. The van der Waals surface area contributed by atoms with Crippen LogP contribution < -0.4 is 11.2 Å². The maximum Gasteiger partial charge on any atom is 0.335 e. The van der Waals surface area contributed by atoms with E-state index < -0.39 is 5.97 Å². The Morgan fingerprint density at radius 3 is 2.81 bits per heavy atom. The molecular formula is C9H8IN3O2S. The minimum Gasteiger partial charge on any atom is -0.478 e.